The van der Waals surface area contributed by atoms with Crippen molar-refractivity contribution in [2.24, 2.45) is 0 Å². The average molecular weight is 341 g/mol. The monoisotopic (exact) mass is 341 g/mol. The van der Waals surface area contributed by atoms with Gasteiger partial charge in [0.1, 0.15) is 0 Å². The Hall–Kier alpha value is -2.18. The number of likely N-dealkylation sites (tertiary alicyclic amines) is 1. The average Bonchev–Trinajstić information content (AvgIpc) is 3.18. The molecule has 25 heavy (non-hydrogen) atoms. The first kappa shape index (κ1) is 16.3. The van der Waals surface area contributed by atoms with E-state index in [4.69, 9.17) is 9.15 Å². The van der Waals surface area contributed by atoms with E-state index >= 15 is 0 Å². The SMILES string of the molecule is O=C(c1ccco1)N1CCC2(CC1)CN(Cc1ccccn1)CCO2. The van der Waals surface area contributed by atoms with Crippen molar-refractivity contribution in [1.29, 1.82) is 0 Å². The summed E-state index contributed by atoms with van der Waals surface area (Å²) in [5.74, 6) is 0.387. The van der Waals surface area contributed by atoms with Crippen LogP contribution < -0.4 is 0 Å². The van der Waals surface area contributed by atoms with Gasteiger partial charge in [-0.25, -0.2) is 0 Å². The molecule has 2 aromatic rings. The van der Waals surface area contributed by atoms with Crippen molar-refractivity contribution >= 4 is 5.91 Å². The van der Waals surface area contributed by atoms with Gasteiger partial charge in [-0.1, -0.05) is 6.07 Å². The fourth-order valence-electron chi connectivity index (χ4n) is 3.76. The minimum absolute atomic E-state index is 0.0269. The van der Waals surface area contributed by atoms with Gasteiger partial charge >= 0.3 is 0 Å². The second-order valence-electron chi connectivity index (χ2n) is 6.83. The first-order valence-corrected chi connectivity index (χ1v) is 8.83. The molecule has 0 aliphatic carbocycles. The molecule has 0 atom stereocenters. The van der Waals surface area contributed by atoms with E-state index in [0.717, 1.165) is 44.8 Å². The summed E-state index contributed by atoms with van der Waals surface area (Å²) < 4.78 is 11.4. The van der Waals surface area contributed by atoms with Crippen molar-refractivity contribution in [3.63, 3.8) is 0 Å². The summed E-state index contributed by atoms with van der Waals surface area (Å²) in [5, 5.41) is 0. The van der Waals surface area contributed by atoms with Crippen LogP contribution in [-0.2, 0) is 11.3 Å². The second kappa shape index (κ2) is 6.98. The smallest absolute Gasteiger partial charge is 0.289 e. The molecule has 2 saturated heterocycles. The van der Waals surface area contributed by atoms with Crippen molar-refractivity contribution in [1.82, 2.24) is 14.8 Å². The molecule has 4 heterocycles. The minimum atomic E-state index is -0.146. The zero-order valence-electron chi connectivity index (χ0n) is 14.3. The number of rotatable bonds is 3. The maximum atomic E-state index is 12.4. The molecular weight excluding hydrogens is 318 g/mol. The van der Waals surface area contributed by atoms with Gasteiger partial charge in [-0.2, -0.15) is 0 Å². The van der Waals surface area contributed by atoms with Gasteiger partial charge in [-0.05, 0) is 37.1 Å². The number of furan rings is 1. The van der Waals surface area contributed by atoms with E-state index in [1.165, 1.54) is 0 Å². The molecule has 4 rings (SSSR count). The van der Waals surface area contributed by atoms with Gasteiger partial charge in [-0.3, -0.25) is 14.7 Å². The fourth-order valence-corrected chi connectivity index (χ4v) is 3.76. The van der Waals surface area contributed by atoms with Crippen LogP contribution in [0.1, 0.15) is 29.1 Å². The van der Waals surface area contributed by atoms with Crippen molar-refractivity contribution < 1.29 is 13.9 Å². The lowest BCUT2D eigenvalue weighted by Crippen LogP contribution is -2.57. The zero-order valence-corrected chi connectivity index (χ0v) is 14.3. The molecule has 0 aromatic carbocycles. The maximum absolute atomic E-state index is 12.4. The normalized spacial score (nSPS) is 20.7. The highest BCUT2D eigenvalue weighted by Gasteiger charge is 2.41. The topological polar surface area (TPSA) is 58.8 Å². The van der Waals surface area contributed by atoms with E-state index in [0.29, 0.717) is 18.8 Å². The molecule has 2 aliphatic rings. The molecule has 2 fully saturated rings. The highest BCUT2D eigenvalue weighted by Crippen LogP contribution is 2.31. The largest absolute Gasteiger partial charge is 0.459 e. The first-order valence-electron chi connectivity index (χ1n) is 8.83. The van der Waals surface area contributed by atoms with Crippen LogP contribution in [0.25, 0.3) is 0 Å². The molecule has 6 nitrogen and oxygen atoms in total. The summed E-state index contributed by atoms with van der Waals surface area (Å²) >= 11 is 0. The minimum Gasteiger partial charge on any atom is -0.459 e. The highest BCUT2D eigenvalue weighted by molar-refractivity contribution is 5.91. The van der Waals surface area contributed by atoms with E-state index < -0.39 is 0 Å². The predicted octanol–water partition coefficient (Wildman–Crippen LogP) is 2.18. The Morgan fingerprint density at radius 3 is 2.76 bits per heavy atom. The number of hydrogen-bond acceptors (Lipinski definition) is 5. The maximum Gasteiger partial charge on any atom is 0.289 e. The van der Waals surface area contributed by atoms with E-state index in [2.05, 4.69) is 16.0 Å². The molecule has 0 bridgehead atoms. The lowest BCUT2D eigenvalue weighted by molar-refractivity contribution is -0.134. The number of piperidine rings is 1. The predicted molar refractivity (Wildman–Crippen MR) is 92.0 cm³/mol. The van der Waals surface area contributed by atoms with Gasteiger partial charge < -0.3 is 14.1 Å². The zero-order chi connectivity index (χ0) is 17.1. The summed E-state index contributed by atoms with van der Waals surface area (Å²) in [6.45, 7) is 4.81. The van der Waals surface area contributed by atoms with E-state index in [-0.39, 0.29) is 11.5 Å². The van der Waals surface area contributed by atoms with E-state index in [9.17, 15) is 4.79 Å². The van der Waals surface area contributed by atoms with Gasteiger partial charge in [0, 0.05) is 38.9 Å². The molecule has 0 radical (unpaired) electrons. The number of pyridine rings is 1. The van der Waals surface area contributed by atoms with Gasteiger partial charge in [0.15, 0.2) is 5.76 Å². The molecule has 132 valence electrons. The Labute approximate surface area is 147 Å². The fraction of sp³-hybridized carbons (Fsp3) is 0.474. The van der Waals surface area contributed by atoms with Crippen LogP contribution in [0, 0.1) is 0 Å². The van der Waals surface area contributed by atoms with Crippen molar-refractivity contribution in [2.75, 3.05) is 32.8 Å². The van der Waals surface area contributed by atoms with Crippen molar-refractivity contribution in [2.45, 2.75) is 25.0 Å². The lowest BCUT2D eigenvalue weighted by Gasteiger charge is -2.47. The Bertz CT molecular complexity index is 694. The van der Waals surface area contributed by atoms with Crippen LogP contribution in [0.5, 0.6) is 0 Å². The standard InChI is InChI=1S/C19H23N3O3/c23-18(17-5-3-12-24-17)22-9-6-19(7-10-22)15-21(11-13-25-19)14-16-4-1-2-8-20-16/h1-5,8,12H,6-7,9-11,13-15H2. The first-order chi connectivity index (χ1) is 12.2. The summed E-state index contributed by atoms with van der Waals surface area (Å²) in [7, 11) is 0. The molecular formula is C19H23N3O3. The molecule has 0 saturated carbocycles. The van der Waals surface area contributed by atoms with Crippen LogP contribution in [0.2, 0.25) is 0 Å². The third-order valence-corrected chi connectivity index (χ3v) is 5.13. The lowest BCUT2D eigenvalue weighted by atomic mass is 9.89. The Morgan fingerprint density at radius 2 is 2.04 bits per heavy atom. The molecule has 1 amide bonds. The quantitative estimate of drug-likeness (QED) is 0.856. The number of ether oxygens (including phenoxy) is 1. The van der Waals surface area contributed by atoms with Gasteiger partial charge in [-0.15, -0.1) is 0 Å². The van der Waals surface area contributed by atoms with Gasteiger partial charge in [0.05, 0.1) is 24.2 Å². The van der Waals surface area contributed by atoms with Crippen LogP contribution in [0.4, 0.5) is 0 Å². The number of carbonyl (C=O) groups excluding carboxylic acids is 1. The summed E-state index contributed by atoms with van der Waals surface area (Å²) in [5.41, 5.74) is 0.942. The van der Waals surface area contributed by atoms with Crippen molar-refractivity contribution in [3.05, 3.63) is 54.2 Å². The Balaban J connectivity index is 1.36. The highest BCUT2D eigenvalue weighted by atomic mass is 16.5. The summed E-state index contributed by atoms with van der Waals surface area (Å²) in [6.07, 6.45) is 5.10. The van der Waals surface area contributed by atoms with E-state index in [1.54, 1.807) is 18.4 Å². The molecule has 1 spiro atoms. The molecule has 6 heteroatoms. The number of hydrogen-bond donors (Lipinski definition) is 0. The number of aromatic nitrogens is 1. The van der Waals surface area contributed by atoms with Gasteiger partial charge in [0.25, 0.3) is 5.91 Å². The van der Waals surface area contributed by atoms with Crippen LogP contribution >= 0.6 is 0 Å². The molecule has 0 N–H and O–H groups in total. The number of carbonyl (C=O) groups is 1. The summed E-state index contributed by atoms with van der Waals surface area (Å²) in [4.78, 5) is 21.1. The van der Waals surface area contributed by atoms with Gasteiger partial charge in [0.2, 0.25) is 0 Å². The number of nitrogens with zero attached hydrogens (tertiary/aromatic N) is 3. The Kier molecular flexibility index (Phi) is 4.55. The van der Waals surface area contributed by atoms with Crippen LogP contribution in [0.15, 0.2) is 47.2 Å². The summed E-state index contributed by atoms with van der Waals surface area (Å²) in [6, 6.07) is 9.50. The third kappa shape index (κ3) is 3.60. The second-order valence-corrected chi connectivity index (χ2v) is 6.83. The Morgan fingerprint density at radius 1 is 1.16 bits per heavy atom. The van der Waals surface area contributed by atoms with E-state index in [1.807, 2.05) is 23.2 Å². The van der Waals surface area contributed by atoms with Crippen LogP contribution in [-0.4, -0.2) is 59.1 Å². The molecule has 2 aliphatic heterocycles. The number of amides is 1. The molecule has 2 aromatic heterocycles. The number of morpholine rings is 1. The molecule has 0 unspecified atom stereocenters. The van der Waals surface area contributed by atoms with Crippen molar-refractivity contribution in [3.8, 4) is 0 Å². The van der Waals surface area contributed by atoms with Crippen LogP contribution in [0.3, 0.4) is 0 Å². The third-order valence-electron chi connectivity index (χ3n) is 5.13.